The zero-order valence-electron chi connectivity index (χ0n) is 7.57. The van der Waals surface area contributed by atoms with Gasteiger partial charge >= 0.3 is 0 Å². The smallest absolute Gasteiger partial charge is 0.296 e. The van der Waals surface area contributed by atoms with E-state index in [1.165, 1.54) is 7.11 Å². The van der Waals surface area contributed by atoms with E-state index in [9.17, 15) is 4.79 Å². The van der Waals surface area contributed by atoms with Crippen LogP contribution in [0.1, 0.15) is 0 Å². The van der Waals surface area contributed by atoms with Crippen LogP contribution < -0.4 is 16.0 Å². The van der Waals surface area contributed by atoms with Crippen LogP contribution in [0, 0.1) is 0 Å². The van der Waals surface area contributed by atoms with Crippen LogP contribution in [-0.2, 0) is 0 Å². The number of hydrogen-bond acceptors (Lipinski definition) is 4. The average molecular weight is 191 g/mol. The summed E-state index contributed by atoms with van der Waals surface area (Å²) < 4.78 is 4.84. The Morgan fingerprint density at radius 2 is 2.29 bits per heavy atom. The van der Waals surface area contributed by atoms with E-state index >= 15 is 0 Å². The van der Waals surface area contributed by atoms with E-state index in [-0.39, 0.29) is 11.6 Å². The Labute approximate surface area is 79.5 Å². The molecule has 0 aliphatic rings. The maximum absolute atomic E-state index is 11.5. The molecule has 1 heterocycles. The van der Waals surface area contributed by atoms with Crippen molar-refractivity contribution < 1.29 is 4.74 Å². The Bertz CT molecular complexity index is 533. The highest BCUT2D eigenvalue weighted by atomic mass is 16.5. The highest BCUT2D eigenvalue weighted by Gasteiger charge is 2.03. The number of anilines is 1. The van der Waals surface area contributed by atoms with Crippen LogP contribution in [0.25, 0.3) is 10.9 Å². The second-order valence-corrected chi connectivity index (χ2v) is 2.85. The van der Waals surface area contributed by atoms with Crippen LogP contribution in [0.5, 0.6) is 6.01 Å². The summed E-state index contributed by atoms with van der Waals surface area (Å²) in [7, 11) is 1.44. The average Bonchev–Trinajstić information content (AvgIpc) is 2.16. The van der Waals surface area contributed by atoms with Crippen molar-refractivity contribution in [2.45, 2.75) is 0 Å². The number of nitrogens with one attached hydrogen (secondary N) is 1. The quantitative estimate of drug-likeness (QED) is 0.643. The van der Waals surface area contributed by atoms with Gasteiger partial charge in [0.2, 0.25) is 0 Å². The van der Waals surface area contributed by atoms with Gasteiger partial charge < -0.3 is 10.5 Å². The number of ether oxygens (including phenoxy) is 1. The molecule has 0 aliphatic heterocycles. The van der Waals surface area contributed by atoms with E-state index in [1.54, 1.807) is 18.2 Å². The number of hydrogen-bond donors (Lipinski definition) is 2. The van der Waals surface area contributed by atoms with Gasteiger partial charge in [-0.1, -0.05) is 0 Å². The molecule has 0 spiro atoms. The molecule has 3 N–H and O–H groups in total. The molecule has 1 aromatic heterocycles. The maximum atomic E-state index is 11.5. The fourth-order valence-electron chi connectivity index (χ4n) is 1.23. The van der Waals surface area contributed by atoms with Crippen molar-refractivity contribution in [1.82, 2.24) is 9.97 Å². The maximum Gasteiger partial charge on any atom is 0.296 e. The van der Waals surface area contributed by atoms with E-state index < -0.39 is 0 Å². The van der Waals surface area contributed by atoms with Crippen LogP contribution in [0.15, 0.2) is 23.0 Å². The number of H-pyrrole nitrogens is 1. The summed E-state index contributed by atoms with van der Waals surface area (Å²) in [5, 5.41) is 0.500. The number of nitrogens with two attached hydrogens (primary N) is 1. The third-order valence-corrected chi connectivity index (χ3v) is 1.90. The SMILES string of the molecule is COc1nc2cc(N)ccc2c(=O)[nH]1. The first-order valence-corrected chi connectivity index (χ1v) is 4.04. The zero-order valence-corrected chi connectivity index (χ0v) is 7.57. The van der Waals surface area contributed by atoms with E-state index in [1.807, 2.05) is 0 Å². The van der Waals surface area contributed by atoms with Crippen LogP contribution >= 0.6 is 0 Å². The molecule has 5 nitrogen and oxygen atoms in total. The Morgan fingerprint density at radius 1 is 1.50 bits per heavy atom. The Kier molecular flexibility index (Phi) is 1.85. The van der Waals surface area contributed by atoms with Gasteiger partial charge in [0.1, 0.15) is 0 Å². The molecule has 1 aromatic carbocycles. The molecule has 2 rings (SSSR count). The summed E-state index contributed by atoms with van der Waals surface area (Å²) in [4.78, 5) is 18.0. The van der Waals surface area contributed by atoms with Gasteiger partial charge in [0.05, 0.1) is 18.0 Å². The number of benzene rings is 1. The van der Waals surface area contributed by atoms with Gasteiger partial charge in [-0.3, -0.25) is 9.78 Å². The monoisotopic (exact) mass is 191 g/mol. The molecule has 72 valence electrons. The fraction of sp³-hybridized carbons (Fsp3) is 0.111. The molecular weight excluding hydrogens is 182 g/mol. The number of rotatable bonds is 1. The number of nitrogen functional groups attached to an aromatic ring is 1. The predicted octanol–water partition coefficient (Wildman–Crippen LogP) is 0.514. The highest BCUT2D eigenvalue weighted by molar-refractivity contribution is 5.80. The second-order valence-electron chi connectivity index (χ2n) is 2.85. The van der Waals surface area contributed by atoms with E-state index in [4.69, 9.17) is 10.5 Å². The lowest BCUT2D eigenvalue weighted by Gasteiger charge is -2.01. The standard InChI is InChI=1S/C9H9N3O2/c1-14-9-11-7-4-5(10)2-3-6(7)8(13)12-9/h2-4H,10H2,1H3,(H,11,12,13). The van der Waals surface area contributed by atoms with Crippen molar-refractivity contribution in [2.75, 3.05) is 12.8 Å². The molecule has 0 bridgehead atoms. The van der Waals surface area contributed by atoms with Crippen LogP contribution in [-0.4, -0.2) is 17.1 Å². The summed E-state index contributed by atoms with van der Waals surface area (Å²) in [6.07, 6.45) is 0. The van der Waals surface area contributed by atoms with Crippen molar-refractivity contribution in [1.29, 1.82) is 0 Å². The molecule has 0 aliphatic carbocycles. The fourth-order valence-corrected chi connectivity index (χ4v) is 1.23. The van der Waals surface area contributed by atoms with Gasteiger partial charge in [-0.05, 0) is 18.2 Å². The molecule has 14 heavy (non-hydrogen) atoms. The third-order valence-electron chi connectivity index (χ3n) is 1.90. The van der Waals surface area contributed by atoms with Crippen molar-refractivity contribution >= 4 is 16.6 Å². The number of fused-ring (bicyclic) bond motifs is 1. The first kappa shape index (κ1) is 8.55. The first-order valence-electron chi connectivity index (χ1n) is 4.04. The van der Waals surface area contributed by atoms with Crippen molar-refractivity contribution in [3.63, 3.8) is 0 Å². The van der Waals surface area contributed by atoms with Crippen molar-refractivity contribution in [3.8, 4) is 6.01 Å². The van der Waals surface area contributed by atoms with Crippen molar-refractivity contribution in [3.05, 3.63) is 28.6 Å². The van der Waals surface area contributed by atoms with Gasteiger partial charge in [0.15, 0.2) is 0 Å². The van der Waals surface area contributed by atoms with Crippen LogP contribution in [0.4, 0.5) is 5.69 Å². The highest BCUT2D eigenvalue weighted by Crippen LogP contribution is 2.13. The number of nitrogens with zero attached hydrogens (tertiary/aromatic N) is 1. The molecule has 0 amide bonds. The van der Waals surface area contributed by atoms with Gasteiger partial charge in [0.25, 0.3) is 11.6 Å². The molecule has 0 fully saturated rings. The minimum atomic E-state index is -0.230. The van der Waals surface area contributed by atoms with E-state index in [0.29, 0.717) is 16.6 Å². The minimum Gasteiger partial charge on any atom is -0.468 e. The number of aromatic nitrogens is 2. The second kappa shape index (κ2) is 3.02. The lowest BCUT2D eigenvalue weighted by molar-refractivity contribution is 0.380. The van der Waals surface area contributed by atoms with Crippen molar-refractivity contribution in [2.24, 2.45) is 0 Å². The molecule has 0 radical (unpaired) electrons. The van der Waals surface area contributed by atoms with Gasteiger partial charge in [-0.2, -0.15) is 4.98 Å². The molecule has 0 unspecified atom stereocenters. The molecule has 2 aromatic rings. The minimum absolute atomic E-state index is 0.188. The normalized spacial score (nSPS) is 10.4. The first-order chi connectivity index (χ1) is 6.70. The van der Waals surface area contributed by atoms with E-state index in [0.717, 1.165) is 0 Å². The topological polar surface area (TPSA) is 81.0 Å². The number of methoxy groups -OCH3 is 1. The Hall–Kier alpha value is -2.04. The van der Waals surface area contributed by atoms with Gasteiger partial charge in [-0.15, -0.1) is 0 Å². The zero-order chi connectivity index (χ0) is 10.1. The predicted molar refractivity (Wildman–Crippen MR) is 53.3 cm³/mol. The third kappa shape index (κ3) is 1.28. The summed E-state index contributed by atoms with van der Waals surface area (Å²) in [5.41, 5.74) is 6.44. The Morgan fingerprint density at radius 3 is 3.00 bits per heavy atom. The summed E-state index contributed by atoms with van der Waals surface area (Å²) >= 11 is 0. The van der Waals surface area contributed by atoms with Gasteiger partial charge in [-0.25, -0.2) is 0 Å². The molecule has 0 saturated heterocycles. The van der Waals surface area contributed by atoms with Gasteiger partial charge in [0, 0.05) is 5.69 Å². The van der Waals surface area contributed by atoms with E-state index in [2.05, 4.69) is 9.97 Å². The summed E-state index contributed by atoms with van der Waals surface area (Å²) in [5.74, 6) is 0. The summed E-state index contributed by atoms with van der Waals surface area (Å²) in [6.45, 7) is 0. The lowest BCUT2D eigenvalue weighted by Crippen LogP contribution is -2.09. The largest absolute Gasteiger partial charge is 0.468 e. The lowest BCUT2D eigenvalue weighted by atomic mass is 10.2. The molecule has 0 atom stereocenters. The molecule has 0 saturated carbocycles. The molecule has 5 heteroatoms. The van der Waals surface area contributed by atoms with Crippen LogP contribution in [0.3, 0.4) is 0 Å². The molecular formula is C9H9N3O2. The summed E-state index contributed by atoms with van der Waals surface area (Å²) in [6, 6.07) is 5.11. The van der Waals surface area contributed by atoms with Crippen LogP contribution in [0.2, 0.25) is 0 Å². The Balaban J connectivity index is 2.84. The number of aromatic amines is 1.